The van der Waals surface area contributed by atoms with Crippen molar-refractivity contribution in [3.63, 3.8) is 0 Å². The fourth-order valence-corrected chi connectivity index (χ4v) is 2.06. The van der Waals surface area contributed by atoms with E-state index in [2.05, 4.69) is 0 Å². The van der Waals surface area contributed by atoms with Crippen molar-refractivity contribution in [1.29, 1.82) is 0 Å². The lowest BCUT2D eigenvalue weighted by atomic mass is 10.2. The molecular weight excluding hydrogens is 284 g/mol. The largest absolute Gasteiger partial charge is 0.469 e. The summed E-state index contributed by atoms with van der Waals surface area (Å²) in [6.45, 7) is 4.44. The third-order valence-corrected chi connectivity index (χ3v) is 3.42. The smallest absolute Gasteiger partial charge is 0.256 e. The highest BCUT2D eigenvalue weighted by atomic mass is 16.3. The van der Waals surface area contributed by atoms with Gasteiger partial charge in [-0.3, -0.25) is 9.59 Å². The Bertz CT molecular complexity index is 613. The van der Waals surface area contributed by atoms with Crippen LogP contribution in [-0.4, -0.2) is 48.8 Å². The zero-order valence-electron chi connectivity index (χ0n) is 13.3. The molecule has 6 heteroatoms. The number of hydrogen-bond acceptors (Lipinski definition) is 4. The van der Waals surface area contributed by atoms with E-state index in [0.717, 1.165) is 0 Å². The summed E-state index contributed by atoms with van der Waals surface area (Å²) in [7, 11) is 3.40. The molecule has 0 aliphatic rings. The summed E-state index contributed by atoms with van der Waals surface area (Å²) in [6, 6.07) is 3.39. The maximum atomic E-state index is 12.2. The van der Waals surface area contributed by atoms with Crippen LogP contribution >= 0.6 is 0 Å². The molecule has 0 saturated carbocycles. The molecule has 6 nitrogen and oxygen atoms in total. The van der Waals surface area contributed by atoms with E-state index in [1.54, 1.807) is 49.9 Å². The van der Waals surface area contributed by atoms with Crippen LogP contribution in [-0.2, 0) is 0 Å². The van der Waals surface area contributed by atoms with Crippen LogP contribution in [0.25, 0.3) is 0 Å². The number of hydrogen-bond donors (Lipinski definition) is 0. The van der Waals surface area contributed by atoms with Crippen molar-refractivity contribution in [3.05, 3.63) is 47.3 Å². The zero-order valence-corrected chi connectivity index (χ0v) is 13.3. The summed E-state index contributed by atoms with van der Waals surface area (Å²) >= 11 is 0. The molecule has 0 atom stereocenters. The average Bonchev–Trinajstić information content (AvgIpc) is 3.11. The second-order valence-corrected chi connectivity index (χ2v) is 5.35. The molecule has 2 aromatic heterocycles. The summed E-state index contributed by atoms with van der Waals surface area (Å²) < 4.78 is 10.3. The highest BCUT2D eigenvalue weighted by molar-refractivity contribution is 5.94. The average molecular weight is 304 g/mol. The van der Waals surface area contributed by atoms with E-state index in [-0.39, 0.29) is 11.8 Å². The van der Waals surface area contributed by atoms with E-state index in [4.69, 9.17) is 8.83 Å². The van der Waals surface area contributed by atoms with Crippen LogP contribution in [0.4, 0.5) is 0 Å². The molecule has 0 aromatic carbocycles. The Morgan fingerprint density at radius 1 is 0.864 bits per heavy atom. The van der Waals surface area contributed by atoms with Crippen LogP contribution in [0.1, 0.15) is 32.2 Å². The fraction of sp³-hybridized carbons (Fsp3) is 0.375. The van der Waals surface area contributed by atoms with Gasteiger partial charge in [-0.2, -0.15) is 0 Å². The minimum Gasteiger partial charge on any atom is -0.469 e. The van der Waals surface area contributed by atoms with Gasteiger partial charge >= 0.3 is 0 Å². The van der Waals surface area contributed by atoms with Crippen molar-refractivity contribution < 1.29 is 18.4 Å². The summed E-state index contributed by atoms with van der Waals surface area (Å²) in [5.41, 5.74) is 1.03. The van der Waals surface area contributed by atoms with Gasteiger partial charge in [0, 0.05) is 27.2 Å². The number of aryl methyl sites for hydroxylation is 2. The van der Waals surface area contributed by atoms with Gasteiger partial charge < -0.3 is 18.6 Å². The van der Waals surface area contributed by atoms with Crippen LogP contribution in [0.2, 0.25) is 0 Å². The van der Waals surface area contributed by atoms with Crippen LogP contribution in [0.15, 0.2) is 33.5 Å². The number of carbonyl (C=O) groups excluding carboxylic acids is 2. The molecule has 2 aromatic rings. The topological polar surface area (TPSA) is 66.9 Å². The standard InChI is InChI=1S/C16H20N2O4/c1-11-7-13(9-21-11)15(19)17(3)5-6-18(4)16(20)14-8-12(2)22-10-14/h7-10H,5-6H2,1-4H3. The molecule has 2 amide bonds. The predicted molar refractivity (Wildman–Crippen MR) is 80.8 cm³/mol. The lowest BCUT2D eigenvalue weighted by molar-refractivity contribution is 0.0718. The number of likely N-dealkylation sites (N-methyl/N-ethyl adjacent to an activating group) is 2. The quantitative estimate of drug-likeness (QED) is 0.850. The second-order valence-electron chi connectivity index (χ2n) is 5.35. The highest BCUT2D eigenvalue weighted by Gasteiger charge is 2.17. The summed E-state index contributed by atoms with van der Waals surface area (Å²) in [5, 5.41) is 0. The highest BCUT2D eigenvalue weighted by Crippen LogP contribution is 2.10. The van der Waals surface area contributed by atoms with Crippen molar-refractivity contribution in [2.24, 2.45) is 0 Å². The summed E-state index contributed by atoms with van der Waals surface area (Å²) in [4.78, 5) is 27.5. The Hall–Kier alpha value is -2.50. The molecule has 0 radical (unpaired) electrons. The van der Waals surface area contributed by atoms with Crippen molar-refractivity contribution in [2.75, 3.05) is 27.2 Å². The number of rotatable bonds is 5. The Balaban J connectivity index is 1.89. The Labute approximate surface area is 129 Å². The van der Waals surface area contributed by atoms with E-state index in [1.165, 1.54) is 12.5 Å². The van der Waals surface area contributed by atoms with E-state index in [9.17, 15) is 9.59 Å². The normalized spacial score (nSPS) is 10.5. The van der Waals surface area contributed by atoms with Gasteiger partial charge in [-0.05, 0) is 26.0 Å². The van der Waals surface area contributed by atoms with Gasteiger partial charge in [0.2, 0.25) is 0 Å². The third-order valence-electron chi connectivity index (χ3n) is 3.42. The van der Waals surface area contributed by atoms with E-state index < -0.39 is 0 Å². The summed E-state index contributed by atoms with van der Waals surface area (Å²) in [6.07, 6.45) is 2.88. The number of amides is 2. The molecule has 0 saturated heterocycles. The van der Waals surface area contributed by atoms with Crippen molar-refractivity contribution >= 4 is 11.8 Å². The first kappa shape index (κ1) is 15.9. The fourth-order valence-electron chi connectivity index (χ4n) is 2.06. The Morgan fingerprint density at radius 3 is 1.50 bits per heavy atom. The maximum absolute atomic E-state index is 12.2. The van der Waals surface area contributed by atoms with Gasteiger partial charge in [0.1, 0.15) is 24.0 Å². The lowest BCUT2D eigenvalue weighted by Crippen LogP contribution is -2.37. The molecule has 2 rings (SSSR count). The Kier molecular flexibility index (Phi) is 4.70. The van der Waals surface area contributed by atoms with E-state index in [1.807, 2.05) is 0 Å². The molecule has 0 fully saturated rings. The zero-order chi connectivity index (χ0) is 16.3. The van der Waals surface area contributed by atoms with E-state index >= 15 is 0 Å². The van der Waals surface area contributed by atoms with Crippen LogP contribution in [0.3, 0.4) is 0 Å². The first-order valence-electron chi connectivity index (χ1n) is 6.99. The number of furan rings is 2. The van der Waals surface area contributed by atoms with Crippen molar-refractivity contribution in [3.8, 4) is 0 Å². The lowest BCUT2D eigenvalue weighted by Gasteiger charge is -2.21. The molecule has 2 heterocycles. The molecule has 0 spiro atoms. The molecule has 0 bridgehead atoms. The van der Waals surface area contributed by atoms with Gasteiger partial charge in [0.05, 0.1) is 11.1 Å². The van der Waals surface area contributed by atoms with Gasteiger partial charge in [0.15, 0.2) is 0 Å². The molecular formula is C16H20N2O4. The predicted octanol–water partition coefficient (Wildman–Crippen LogP) is 2.33. The minimum absolute atomic E-state index is 0.128. The van der Waals surface area contributed by atoms with Gasteiger partial charge in [-0.15, -0.1) is 0 Å². The third kappa shape index (κ3) is 3.58. The molecule has 22 heavy (non-hydrogen) atoms. The number of carbonyl (C=O) groups is 2. The van der Waals surface area contributed by atoms with Crippen molar-refractivity contribution in [1.82, 2.24) is 9.80 Å². The van der Waals surface area contributed by atoms with Crippen molar-refractivity contribution in [2.45, 2.75) is 13.8 Å². The first-order chi connectivity index (χ1) is 10.4. The van der Waals surface area contributed by atoms with Gasteiger partial charge in [-0.1, -0.05) is 0 Å². The summed E-state index contributed by atoms with van der Waals surface area (Å²) in [5.74, 6) is 1.13. The van der Waals surface area contributed by atoms with Crippen LogP contribution < -0.4 is 0 Å². The van der Waals surface area contributed by atoms with Crippen LogP contribution in [0.5, 0.6) is 0 Å². The Morgan fingerprint density at radius 2 is 1.23 bits per heavy atom. The molecule has 0 N–H and O–H groups in total. The number of nitrogens with zero attached hydrogens (tertiary/aromatic N) is 2. The maximum Gasteiger partial charge on any atom is 0.256 e. The second kappa shape index (κ2) is 6.51. The molecule has 0 aliphatic heterocycles. The SMILES string of the molecule is Cc1cc(C(=O)N(C)CCN(C)C(=O)c2coc(C)c2)co1. The van der Waals surface area contributed by atoms with Gasteiger partial charge in [0.25, 0.3) is 11.8 Å². The van der Waals surface area contributed by atoms with E-state index in [0.29, 0.717) is 35.7 Å². The monoisotopic (exact) mass is 304 g/mol. The molecule has 118 valence electrons. The first-order valence-corrected chi connectivity index (χ1v) is 6.99. The van der Waals surface area contributed by atoms with Gasteiger partial charge in [-0.25, -0.2) is 0 Å². The van der Waals surface area contributed by atoms with Crippen LogP contribution in [0, 0.1) is 13.8 Å². The molecule has 0 unspecified atom stereocenters. The molecule has 0 aliphatic carbocycles. The minimum atomic E-state index is -0.128.